The molecule has 1 N–H and O–H groups in total. The van der Waals surface area contributed by atoms with Gasteiger partial charge in [0.2, 0.25) is 0 Å². The molecule has 0 aliphatic rings. The van der Waals surface area contributed by atoms with Crippen LogP contribution in [0.15, 0.2) is 36.0 Å². The van der Waals surface area contributed by atoms with E-state index in [1.54, 1.807) is 13.0 Å². The molecule has 16 heavy (non-hydrogen) atoms. The van der Waals surface area contributed by atoms with Gasteiger partial charge in [0, 0.05) is 0 Å². The van der Waals surface area contributed by atoms with E-state index in [4.69, 9.17) is 0 Å². The zero-order chi connectivity index (χ0) is 12.6. The largest absolute Gasteiger partial charge is 0.386 e. The van der Waals surface area contributed by atoms with E-state index in [9.17, 15) is 5.11 Å². The molecule has 0 bridgehead atoms. The molecule has 0 aliphatic heterocycles. The van der Waals surface area contributed by atoms with Gasteiger partial charge in [0.1, 0.15) is 0 Å². The smallest absolute Gasteiger partial charge is 0.0800 e. The van der Waals surface area contributed by atoms with E-state index in [2.05, 4.69) is 39.5 Å². The fourth-order valence-electron chi connectivity index (χ4n) is 1.40. The van der Waals surface area contributed by atoms with Crippen LogP contribution < -0.4 is 0 Å². The highest BCUT2D eigenvalue weighted by molar-refractivity contribution is 5.03. The van der Waals surface area contributed by atoms with Crippen LogP contribution in [0.3, 0.4) is 0 Å². The molecule has 1 atom stereocenters. The van der Waals surface area contributed by atoms with E-state index in [-0.39, 0.29) is 0 Å². The second-order valence-electron chi connectivity index (χ2n) is 4.97. The number of hydrogen-bond donors (Lipinski definition) is 1. The lowest BCUT2D eigenvalue weighted by molar-refractivity contribution is 0.103. The molecule has 0 saturated heterocycles. The maximum absolute atomic E-state index is 9.73. The van der Waals surface area contributed by atoms with Crippen LogP contribution in [0.5, 0.6) is 0 Å². The van der Waals surface area contributed by atoms with E-state index in [0.29, 0.717) is 0 Å². The molecule has 1 nitrogen and oxygen atoms in total. The van der Waals surface area contributed by atoms with Crippen LogP contribution in [-0.2, 0) is 0 Å². The van der Waals surface area contributed by atoms with Crippen molar-refractivity contribution < 1.29 is 5.11 Å². The molecular weight excluding hydrogens is 196 g/mol. The highest BCUT2D eigenvalue weighted by atomic mass is 16.3. The molecule has 0 spiro atoms. The summed E-state index contributed by atoms with van der Waals surface area (Å²) in [4.78, 5) is 0. The number of hydrogen-bond acceptors (Lipinski definition) is 1. The third-order valence-corrected chi connectivity index (χ3v) is 2.67. The first-order valence-corrected chi connectivity index (χ1v) is 6.02. The Bertz CT molecular complexity index is 265. The van der Waals surface area contributed by atoms with Gasteiger partial charge in [-0.2, -0.15) is 0 Å². The van der Waals surface area contributed by atoms with Crippen molar-refractivity contribution in [2.24, 2.45) is 0 Å². The molecule has 0 aromatic carbocycles. The summed E-state index contributed by atoms with van der Waals surface area (Å²) in [7, 11) is 0. The quantitative estimate of drug-likeness (QED) is 0.633. The molecule has 0 aliphatic carbocycles. The maximum atomic E-state index is 9.73. The Balaban J connectivity index is 3.88. The molecule has 0 aromatic heterocycles. The van der Waals surface area contributed by atoms with E-state index >= 15 is 0 Å². The van der Waals surface area contributed by atoms with Crippen molar-refractivity contribution in [1.82, 2.24) is 0 Å². The molecule has 92 valence electrons. The lowest BCUT2D eigenvalue weighted by Crippen LogP contribution is -2.19. The third-order valence-electron chi connectivity index (χ3n) is 2.67. The van der Waals surface area contributed by atoms with Crippen molar-refractivity contribution in [3.63, 3.8) is 0 Å². The van der Waals surface area contributed by atoms with E-state index in [0.717, 1.165) is 25.7 Å². The number of allylic oxidation sites excluding steroid dienone is 4. The topological polar surface area (TPSA) is 20.2 Å². The van der Waals surface area contributed by atoms with Gasteiger partial charge in [0.05, 0.1) is 5.60 Å². The first kappa shape index (κ1) is 15.2. The second kappa shape index (κ2) is 7.45. The summed E-state index contributed by atoms with van der Waals surface area (Å²) in [5, 5.41) is 9.73. The van der Waals surface area contributed by atoms with E-state index < -0.39 is 5.60 Å². The van der Waals surface area contributed by atoms with Crippen molar-refractivity contribution in [3.8, 4) is 0 Å². The molecule has 0 saturated carbocycles. The molecule has 0 heterocycles. The predicted molar refractivity (Wildman–Crippen MR) is 72.5 cm³/mol. The zero-order valence-corrected chi connectivity index (χ0v) is 11.2. The van der Waals surface area contributed by atoms with Crippen LogP contribution in [0.2, 0.25) is 0 Å². The summed E-state index contributed by atoms with van der Waals surface area (Å²) in [6.45, 7) is 11.8. The standard InChI is InChI=1S/C15H26O/c1-6-15(5,16)12-8-11-14(4)10-7-9-13(2)3/h6,9,11,16H,1,7-8,10,12H2,2-5H3/b14-11-/t15-/m1/s1. The van der Waals surface area contributed by atoms with Gasteiger partial charge in [0.15, 0.2) is 0 Å². The van der Waals surface area contributed by atoms with Gasteiger partial charge in [-0.05, 0) is 53.4 Å². The van der Waals surface area contributed by atoms with Gasteiger partial charge < -0.3 is 5.11 Å². The molecule has 0 fully saturated rings. The molecule has 0 aromatic rings. The lowest BCUT2D eigenvalue weighted by Gasteiger charge is -2.16. The molecule has 0 rings (SSSR count). The Morgan fingerprint density at radius 2 is 1.81 bits per heavy atom. The summed E-state index contributed by atoms with van der Waals surface area (Å²) in [5.74, 6) is 0. The van der Waals surface area contributed by atoms with Crippen LogP contribution in [0.25, 0.3) is 0 Å². The van der Waals surface area contributed by atoms with Crippen LogP contribution >= 0.6 is 0 Å². The number of rotatable bonds is 7. The minimum Gasteiger partial charge on any atom is -0.386 e. The van der Waals surface area contributed by atoms with E-state index in [1.807, 2.05) is 0 Å². The first-order valence-electron chi connectivity index (χ1n) is 6.02. The summed E-state index contributed by atoms with van der Waals surface area (Å²) in [6, 6.07) is 0. The lowest BCUT2D eigenvalue weighted by atomic mass is 9.99. The van der Waals surface area contributed by atoms with Gasteiger partial charge in [0.25, 0.3) is 0 Å². The SMILES string of the molecule is C=C[C@@](C)(O)CC/C=C(/C)CCC=C(C)C. The summed E-state index contributed by atoms with van der Waals surface area (Å²) < 4.78 is 0. The Hall–Kier alpha value is -0.820. The van der Waals surface area contributed by atoms with Crippen LogP contribution in [0.1, 0.15) is 53.4 Å². The van der Waals surface area contributed by atoms with Gasteiger partial charge in [-0.1, -0.05) is 29.4 Å². The molecule has 0 amide bonds. The fraction of sp³-hybridized carbons (Fsp3) is 0.600. The third kappa shape index (κ3) is 8.49. The average Bonchev–Trinajstić information content (AvgIpc) is 2.17. The normalized spacial score (nSPS) is 15.4. The highest BCUT2D eigenvalue weighted by Crippen LogP contribution is 2.15. The van der Waals surface area contributed by atoms with Gasteiger partial charge in [-0.25, -0.2) is 0 Å². The number of aliphatic hydroxyl groups is 1. The average molecular weight is 222 g/mol. The van der Waals surface area contributed by atoms with Crippen LogP contribution in [0.4, 0.5) is 0 Å². The Kier molecular flexibility index (Phi) is 7.07. The van der Waals surface area contributed by atoms with Crippen LogP contribution in [-0.4, -0.2) is 10.7 Å². The second-order valence-corrected chi connectivity index (χ2v) is 4.97. The molecule has 0 radical (unpaired) electrons. The maximum Gasteiger partial charge on any atom is 0.0800 e. The van der Waals surface area contributed by atoms with Crippen LogP contribution in [0, 0.1) is 0 Å². The summed E-state index contributed by atoms with van der Waals surface area (Å²) in [5.41, 5.74) is 2.05. The van der Waals surface area contributed by atoms with Gasteiger partial charge >= 0.3 is 0 Å². The monoisotopic (exact) mass is 222 g/mol. The predicted octanol–water partition coefficient (Wildman–Crippen LogP) is 4.40. The molecular formula is C15H26O. The Labute approximate surface area is 101 Å². The van der Waals surface area contributed by atoms with Crippen molar-refractivity contribution >= 4 is 0 Å². The molecule has 1 heteroatoms. The summed E-state index contributed by atoms with van der Waals surface area (Å²) in [6.07, 6.45) is 9.98. The Morgan fingerprint density at radius 1 is 1.19 bits per heavy atom. The van der Waals surface area contributed by atoms with Gasteiger partial charge in [-0.15, -0.1) is 6.58 Å². The summed E-state index contributed by atoms with van der Waals surface area (Å²) >= 11 is 0. The highest BCUT2D eigenvalue weighted by Gasteiger charge is 2.12. The van der Waals surface area contributed by atoms with Gasteiger partial charge in [-0.3, -0.25) is 0 Å². The van der Waals surface area contributed by atoms with Crippen molar-refractivity contribution in [2.75, 3.05) is 0 Å². The minimum atomic E-state index is -0.726. The first-order chi connectivity index (χ1) is 7.37. The van der Waals surface area contributed by atoms with E-state index in [1.165, 1.54) is 11.1 Å². The fourth-order valence-corrected chi connectivity index (χ4v) is 1.40. The Morgan fingerprint density at radius 3 is 2.31 bits per heavy atom. The van der Waals surface area contributed by atoms with Crippen molar-refractivity contribution in [3.05, 3.63) is 36.0 Å². The van der Waals surface area contributed by atoms with Crippen molar-refractivity contribution in [1.29, 1.82) is 0 Å². The molecule has 0 unspecified atom stereocenters. The minimum absolute atomic E-state index is 0.726. The van der Waals surface area contributed by atoms with Crippen molar-refractivity contribution in [2.45, 2.75) is 59.0 Å². The zero-order valence-electron chi connectivity index (χ0n) is 11.2.